The number of alkyl halides is 10. The van der Waals surface area contributed by atoms with Gasteiger partial charge in [0.1, 0.15) is 0 Å². The summed E-state index contributed by atoms with van der Waals surface area (Å²) in [6.45, 7) is 2.87. The van der Waals surface area contributed by atoms with E-state index < -0.39 is 39.8 Å². The molecule has 0 aromatic heterocycles. The molecule has 2 nitrogen and oxygen atoms in total. The molecule has 0 saturated heterocycles. The van der Waals surface area contributed by atoms with Gasteiger partial charge in [0.25, 0.3) is 0 Å². The zero-order chi connectivity index (χ0) is 18.7. The van der Waals surface area contributed by atoms with Crippen molar-refractivity contribution in [3.63, 3.8) is 0 Å². The smallest absolute Gasteiger partial charge is 0.352 e. The normalized spacial score (nSPS) is 16.0. The van der Waals surface area contributed by atoms with Crippen molar-refractivity contribution in [2.75, 3.05) is 13.2 Å². The zero-order valence-corrected chi connectivity index (χ0v) is 14.8. The van der Waals surface area contributed by atoms with Gasteiger partial charge in [-0.05, 0) is 25.4 Å². The molecule has 0 fully saturated rings. The lowest BCUT2D eigenvalue weighted by atomic mass is 10.00. The van der Waals surface area contributed by atoms with E-state index >= 15 is 0 Å². The van der Waals surface area contributed by atoms with Crippen molar-refractivity contribution in [2.45, 2.75) is 53.6 Å². The molecule has 0 aliphatic rings. The minimum Gasteiger partial charge on any atom is -0.352 e. The number of hydrogen-bond acceptors (Lipinski definition) is 2. The second-order valence-electron chi connectivity index (χ2n) is 4.35. The molecular weight excluding hydrogens is 478 g/mol. The molecular formula is C11H14ClF8IO2. The first-order valence-electron chi connectivity index (χ1n) is 6.23. The van der Waals surface area contributed by atoms with Crippen LogP contribution in [0.3, 0.4) is 0 Å². The first-order valence-corrected chi connectivity index (χ1v) is 7.85. The summed E-state index contributed by atoms with van der Waals surface area (Å²) in [5.41, 5.74) is 0. The summed E-state index contributed by atoms with van der Waals surface area (Å²) in [6, 6.07) is 0. The van der Waals surface area contributed by atoms with E-state index in [0.717, 1.165) is 0 Å². The van der Waals surface area contributed by atoms with Gasteiger partial charge in [0.05, 0.1) is 3.92 Å². The third-order valence-corrected chi connectivity index (χ3v) is 3.88. The van der Waals surface area contributed by atoms with Gasteiger partial charge < -0.3 is 9.47 Å². The number of halogens is 10. The van der Waals surface area contributed by atoms with Gasteiger partial charge in [-0.15, -0.1) is 0 Å². The van der Waals surface area contributed by atoms with E-state index in [1.807, 2.05) is 0 Å². The predicted octanol–water partition coefficient (Wildman–Crippen LogP) is 5.32. The monoisotopic (exact) mass is 492 g/mol. The second-order valence-corrected chi connectivity index (χ2v) is 6.42. The minimum absolute atomic E-state index is 0.0258. The Morgan fingerprint density at radius 1 is 0.870 bits per heavy atom. The molecule has 0 spiro atoms. The molecule has 0 aliphatic carbocycles. The van der Waals surface area contributed by atoms with Crippen LogP contribution in [-0.4, -0.2) is 46.6 Å². The SMILES string of the molecule is CCOC(OCC)C(I)CC(F)(F)C(F)(F)C(F)(F)C(F)(F)Cl. The van der Waals surface area contributed by atoms with Crippen LogP contribution in [0.4, 0.5) is 35.1 Å². The van der Waals surface area contributed by atoms with E-state index in [-0.39, 0.29) is 13.2 Å². The quantitative estimate of drug-likeness (QED) is 0.178. The van der Waals surface area contributed by atoms with E-state index in [4.69, 9.17) is 9.47 Å². The van der Waals surface area contributed by atoms with Crippen LogP contribution in [0.1, 0.15) is 20.3 Å². The Balaban J connectivity index is 5.38. The Morgan fingerprint density at radius 3 is 1.57 bits per heavy atom. The minimum atomic E-state index is -6.45. The Labute approximate surface area is 146 Å². The summed E-state index contributed by atoms with van der Waals surface area (Å²) in [4.78, 5) is 0. The van der Waals surface area contributed by atoms with Gasteiger partial charge in [-0.1, -0.05) is 22.6 Å². The van der Waals surface area contributed by atoms with Crippen molar-refractivity contribution in [3.8, 4) is 0 Å². The van der Waals surface area contributed by atoms with E-state index in [1.54, 1.807) is 0 Å². The molecule has 0 amide bonds. The first kappa shape index (κ1) is 23.4. The maximum Gasteiger partial charge on any atom is 0.392 e. The fourth-order valence-electron chi connectivity index (χ4n) is 1.46. The van der Waals surface area contributed by atoms with Crippen LogP contribution in [0, 0.1) is 0 Å². The first-order chi connectivity index (χ1) is 10.2. The summed E-state index contributed by atoms with van der Waals surface area (Å²) in [6.07, 6.45) is -3.27. The Bertz CT molecular complexity index is 372. The Kier molecular flexibility index (Phi) is 8.31. The van der Waals surface area contributed by atoms with Crippen LogP contribution in [0.15, 0.2) is 0 Å². The van der Waals surface area contributed by atoms with Gasteiger partial charge >= 0.3 is 23.1 Å². The largest absolute Gasteiger partial charge is 0.392 e. The van der Waals surface area contributed by atoms with Gasteiger partial charge in [-0.2, -0.15) is 35.1 Å². The Morgan fingerprint density at radius 2 is 1.26 bits per heavy atom. The fourth-order valence-corrected chi connectivity index (χ4v) is 2.55. The molecule has 1 atom stereocenters. The second kappa shape index (κ2) is 8.17. The van der Waals surface area contributed by atoms with Crippen molar-refractivity contribution in [1.82, 2.24) is 0 Å². The van der Waals surface area contributed by atoms with Gasteiger partial charge in [-0.3, -0.25) is 0 Å². The molecule has 0 aromatic carbocycles. The number of ether oxygens (including phenoxy) is 2. The molecule has 0 N–H and O–H groups in total. The van der Waals surface area contributed by atoms with Gasteiger partial charge in [0.15, 0.2) is 6.29 Å². The molecule has 12 heteroatoms. The van der Waals surface area contributed by atoms with Crippen LogP contribution >= 0.6 is 34.2 Å². The molecule has 0 aliphatic heterocycles. The summed E-state index contributed by atoms with van der Waals surface area (Å²) in [5, 5.41) is -5.85. The van der Waals surface area contributed by atoms with Crippen molar-refractivity contribution in [3.05, 3.63) is 0 Å². The van der Waals surface area contributed by atoms with Crippen LogP contribution in [0.2, 0.25) is 0 Å². The molecule has 140 valence electrons. The van der Waals surface area contributed by atoms with Gasteiger partial charge in [0, 0.05) is 19.6 Å². The van der Waals surface area contributed by atoms with Crippen LogP contribution < -0.4 is 0 Å². The molecule has 0 aromatic rings. The number of rotatable bonds is 10. The molecule has 0 saturated carbocycles. The lowest BCUT2D eigenvalue weighted by molar-refractivity contribution is -0.350. The van der Waals surface area contributed by atoms with Crippen molar-refractivity contribution >= 4 is 34.2 Å². The van der Waals surface area contributed by atoms with Crippen molar-refractivity contribution in [1.29, 1.82) is 0 Å². The van der Waals surface area contributed by atoms with Crippen molar-refractivity contribution < 1.29 is 44.6 Å². The summed E-state index contributed by atoms with van der Waals surface area (Å²) >= 11 is 5.10. The third kappa shape index (κ3) is 5.18. The number of hydrogen-bond donors (Lipinski definition) is 0. The highest BCUT2D eigenvalue weighted by Gasteiger charge is 2.80. The average Bonchev–Trinajstić information content (AvgIpc) is 2.36. The van der Waals surface area contributed by atoms with Crippen LogP contribution in [-0.2, 0) is 9.47 Å². The van der Waals surface area contributed by atoms with E-state index in [2.05, 4.69) is 11.6 Å². The highest BCUT2D eigenvalue weighted by molar-refractivity contribution is 14.1. The van der Waals surface area contributed by atoms with Crippen LogP contribution in [0.5, 0.6) is 0 Å². The van der Waals surface area contributed by atoms with Gasteiger partial charge in [0.2, 0.25) is 0 Å². The summed E-state index contributed by atoms with van der Waals surface area (Å²) < 4.78 is 113. The lowest BCUT2D eigenvalue weighted by Gasteiger charge is -2.36. The van der Waals surface area contributed by atoms with E-state index in [1.165, 1.54) is 36.4 Å². The molecule has 0 heterocycles. The average molecular weight is 493 g/mol. The highest BCUT2D eigenvalue weighted by atomic mass is 127. The predicted molar refractivity (Wildman–Crippen MR) is 75.1 cm³/mol. The lowest BCUT2D eigenvalue weighted by Crippen LogP contribution is -2.61. The molecule has 0 rings (SSSR count). The zero-order valence-electron chi connectivity index (χ0n) is 11.9. The highest BCUT2D eigenvalue weighted by Crippen LogP contribution is 2.55. The van der Waals surface area contributed by atoms with Crippen LogP contribution in [0.25, 0.3) is 0 Å². The summed E-state index contributed by atoms with van der Waals surface area (Å²) in [5.74, 6) is -18.3. The van der Waals surface area contributed by atoms with Gasteiger partial charge in [-0.25, -0.2) is 0 Å². The van der Waals surface area contributed by atoms with E-state index in [9.17, 15) is 35.1 Å². The maximum atomic E-state index is 13.6. The Hall–Kier alpha value is 0.380. The van der Waals surface area contributed by atoms with E-state index in [0.29, 0.717) is 0 Å². The molecule has 0 bridgehead atoms. The summed E-state index contributed by atoms with van der Waals surface area (Å²) in [7, 11) is 0. The maximum absolute atomic E-state index is 13.6. The molecule has 1 unspecified atom stereocenters. The topological polar surface area (TPSA) is 18.5 Å². The fraction of sp³-hybridized carbons (Fsp3) is 1.00. The molecule has 23 heavy (non-hydrogen) atoms. The standard InChI is InChI=1S/C11H14ClF8IO2/c1-3-22-7(23-4-2)6(21)5-8(13,14)9(15,16)10(17,18)11(12,19)20/h6-7H,3-5H2,1-2H3. The third-order valence-electron chi connectivity index (χ3n) is 2.62. The molecule has 0 radical (unpaired) electrons. The van der Waals surface area contributed by atoms with Crippen molar-refractivity contribution in [2.24, 2.45) is 0 Å².